The Morgan fingerprint density at radius 1 is 1.53 bits per heavy atom. The standard InChI is InChI=1S/C13H18N2O3S/c1-3-5-10(2)15-13(16)12-7-4-6-11(8-12)9-19(14,17)18/h3-4,6-8,10H,1,5,9H2,2H3,(H,15,16)(H2,14,17,18). The van der Waals surface area contributed by atoms with Crippen LogP contribution in [0, 0.1) is 0 Å². The van der Waals surface area contributed by atoms with Crippen LogP contribution in [0.2, 0.25) is 0 Å². The molecule has 1 unspecified atom stereocenters. The van der Waals surface area contributed by atoms with Gasteiger partial charge in [0, 0.05) is 11.6 Å². The fourth-order valence-corrected chi connectivity index (χ4v) is 2.29. The summed E-state index contributed by atoms with van der Waals surface area (Å²) in [5.41, 5.74) is 0.906. The van der Waals surface area contributed by atoms with E-state index in [0.717, 1.165) is 0 Å². The van der Waals surface area contributed by atoms with Gasteiger partial charge in [-0.25, -0.2) is 13.6 Å². The minimum Gasteiger partial charge on any atom is -0.349 e. The average molecular weight is 282 g/mol. The number of carbonyl (C=O) groups excluding carboxylic acids is 1. The molecule has 1 rings (SSSR count). The molecule has 0 heterocycles. The van der Waals surface area contributed by atoms with Gasteiger partial charge in [0.2, 0.25) is 10.0 Å². The molecule has 0 aliphatic heterocycles. The van der Waals surface area contributed by atoms with Gasteiger partial charge in [0.05, 0.1) is 5.75 Å². The van der Waals surface area contributed by atoms with Crippen molar-refractivity contribution >= 4 is 15.9 Å². The van der Waals surface area contributed by atoms with Crippen molar-refractivity contribution in [1.29, 1.82) is 0 Å². The summed E-state index contributed by atoms with van der Waals surface area (Å²) in [6, 6.07) is 6.39. The quantitative estimate of drug-likeness (QED) is 0.767. The van der Waals surface area contributed by atoms with Crippen molar-refractivity contribution < 1.29 is 13.2 Å². The highest BCUT2D eigenvalue weighted by molar-refractivity contribution is 7.88. The summed E-state index contributed by atoms with van der Waals surface area (Å²) in [6.07, 6.45) is 2.39. The molecule has 5 nitrogen and oxygen atoms in total. The second-order valence-electron chi connectivity index (χ2n) is 4.41. The number of nitrogens with one attached hydrogen (secondary N) is 1. The highest BCUT2D eigenvalue weighted by Crippen LogP contribution is 2.08. The Morgan fingerprint density at radius 3 is 2.79 bits per heavy atom. The zero-order chi connectivity index (χ0) is 14.5. The lowest BCUT2D eigenvalue weighted by Crippen LogP contribution is -2.32. The van der Waals surface area contributed by atoms with Gasteiger partial charge in [-0.1, -0.05) is 18.2 Å². The smallest absolute Gasteiger partial charge is 0.251 e. The number of nitrogens with two attached hydrogens (primary N) is 1. The van der Waals surface area contributed by atoms with Crippen LogP contribution < -0.4 is 10.5 Å². The van der Waals surface area contributed by atoms with Gasteiger partial charge in [0.25, 0.3) is 5.91 Å². The predicted octanol–water partition coefficient (Wildman–Crippen LogP) is 1.17. The number of hydrogen-bond donors (Lipinski definition) is 2. The lowest BCUT2D eigenvalue weighted by Gasteiger charge is -2.12. The number of primary sulfonamides is 1. The van der Waals surface area contributed by atoms with E-state index < -0.39 is 10.0 Å². The number of carbonyl (C=O) groups is 1. The lowest BCUT2D eigenvalue weighted by molar-refractivity contribution is 0.0940. The van der Waals surface area contributed by atoms with Crippen molar-refractivity contribution in [2.45, 2.75) is 25.1 Å². The van der Waals surface area contributed by atoms with Crippen LogP contribution in [-0.2, 0) is 15.8 Å². The SMILES string of the molecule is C=CCC(C)NC(=O)c1cccc(CS(N)(=O)=O)c1. The first-order chi connectivity index (χ1) is 8.81. The van der Waals surface area contributed by atoms with E-state index in [2.05, 4.69) is 11.9 Å². The highest BCUT2D eigenvalue weighted by Gasteiger charge is 2.11. The normalized spacial score (nSPS) is 12.7. The predicted molar refractivity (Wildman–Crippen MR) is 75.0 cm³/mol. The summed E-state index contributed by atoms with van der Waals surface area (Å²) in [4.78, 5) is 11.9. The van der Waals surface area contributed by atoms with E-state index in [1.807, 2.05) is 6.92 Å². The number of sulfonamides is 1. The van der Waals surface area contributed by atoms with Gasteiger partial charge in [-0.15, -0.1) is 6.58 Å². The number of amides is 1. The summed E-state index contributed by atoms with van der Waals surface area (Å²) < 4.78 is 22.0. The molecule has 19 heavy (non-hydrogen) atoms. The van der Waals surface area contributed by atoms with Gasteiger partial charge in [0.1, 0.15) is 0 Å². The maximum Gasteiger partial charge on any atom is 0.251 e. The van der Waals surface area contributed by atoms with Crippen LogP contribution in [0.15, 0.2) is 36.9 Å². The maximum absolute atomic E-state index is 11.9. The van der Waals surface area contributed by atoms with Crippen LogP contribution in [0.3, 0.4) is 0 Å². The Hall–Kier alpha value is -1.66. The molecule has 0 bridgehead atoms. The number of hydrogen-bond acceptors (Lipinski definition) is 3. The van der Waals surface area contributed by atoms with Crippen molar-refractivity contribution in [2.75, 3.05) is 0 Å². The molecule has 0 aliphatic rings. The van der Waals surface area contributed by atoms with Crippen molar-refractivity contribution in [3.63, 3.8) is 0 Å². The highest BCUT2D eigenvalue weighted by atomic mass is 32.2. The summed E-state index contributed by atoms with van der Waals surface area (Å²) in [5, 5.41) is 7.77. The van der Waals surface area contributed by atoms with Crippen molar-refractivity contribution in [3.8, 4) is 0 Å². The number of rotatable bonds is 6. The van der Waals surface area contributed by atoms with Crippen LogP contribution in [-0.4, -0.2) is 20.4 Å². The molecule has 0 saturated heterocycles. The van der Waals surface area contributed by atoms with E-state index in [0.29, 0.717) is 17.5 Å². The zero-order valence-corrected chi connectivity index (χ0v) is 11.6. The fraction of sp³-hybridized carbons (Fsp3) is 0.308. The molecule has 1 amide bonds. The molecule has 1 aromatic rings. The first-order valence-electron chi connectivity index (χ1n) is 5.83. The molecule has 0 saturated carbocycles. The minimum atomic E-state index is -3.60. The third-order valence-electron chi connectivity index (χ3n) is 2.45. The van der Waals surface area contributed by atoms with Crippen LogP contribution >= 0.6 is 0 Å². The molecule has 0 spiro atoms. The molecule has 1 atom stereocenters. The minimum absolute atomic E-state index is 0.0214. The molecule has 0 aromatic heterocycles. The topological polar surface area (TPSA) is 89.3 Å². The molecule has 104 valence electrons. The molecular weight excluding hydrogens is 264 g/mol. The maximum atomic E-state index is 11.9. The molecule has 3 N–H and O–H groups in total. The molecule has 0 aliphatic carbocycles. The van der Waals surface area contributed by atoms with E-state index in [4.69, 9.17) is 5.14 Å². The van der Waals surface area contributed by atoms with Gasteiger partial charge in [-0.2, -0.15) is 0 Å². The average Bonchev–Trinajstić information content (AvgIpc) is 2.27. The Kier molecular flexibility index (Phi) is 5.26. The Labute approximate surface area is 113 Å². The van der Waals surface area contributed by atoms with E-state index >= 15 is 0 Å². The van der Waals surface area contributed by atoms with Crippen molar-refractivity contribution in [1.82, 2.24) is 5.32 Å². The Morgan fingerprint density at radius 2 is 2.21 bits per heavy atom. The van der Waals surface area contributed by atoms with Crippen LogP contribution in [0.25, 0.3) is 0 Å². The van der Waals surface area contributed by atoms with Gasteiger partial charge in [0.15, 0.2) is 0 Å². The molecule has 0 radical (unpaired) electrons. The van der Waals surface area contributed by atoms with Crippen LogP contribution in [0.5, 0.6) is 0 Å². The lowest BCUT2D eigenvalue weighted by atomic mass is 10.1. The van der Waals surface area contributed by atoms with E-state index in [-0.39, 0.29) is 17.7 Å². The first-order valence-corrected chi connectivity index (χ1v) is 7.54. The Balaban J connectivity index is 2.81. The van der Waals surface area contributed by atoms with E-state index in [1.165, 1.54) is 6.07 Å². The molecule has 1 aromatic carbocycles. The zero-order valence-electron chi connectivity index (χ0n) is 10.8. The summed E-state index contributed by atoms with van der Waals surface area (Å²) in [7, 11) is -3.60. The first kappa shape index (κ1) is 15.4. The van der Waals surface area contributed by atoms with Crippen molar-refractivity contribution in [2.24, 2.45) is 5.14 Å². The fourth-order valence-electron chi connectivity index (χ4n) is 1.65. The van der Waals surface area contributed by atoms with E-state index in [1.54, 1.807) is 24.3 Å². The molecular formula is C13H18N2O3S. The summed E-state index contributed by atoms with van der Waals surface area (Å²) >= 11 is 0. The van der Waals surface area contributed by atoms with Crippen LogP contribution in [0.4, 0.5) is 0 Å². The van der Waals surface area contributed by atoms with Gasteiger partial charge in [-0.05, 0) is 31.0 Å². The monoisotopic (exact) mass is 282 g/mol. The van der Waals surface area contributed by atoms with Crippen LogP contribution in [0.1, 0.15) is 29.3 Å². The van der Waals surface area contributed by atoms with Gasteiger partial charge >= 0.3 is 0 Å². The van der Waals surface area contributed by atoms with Crippen molar-refractivity contribution in [3.05, 3.63) is 48.0 Å². The summed E-state index contributed by atoms with van der Waals surface area (Å²) in [5.74, 6) is -0.526. The van der Waals surface area contributed by atoms with Gasteiger partial charge < -0.3 is 5.32 Å². The molecule has 6 heteroatoms. The largest absolute Gasteiger partial charge is 0.349 e. The van der Waals surface area contributed by atoms with Gasteiger partial charge in [-0.3, -0.25) is 4.79 Å². The third-order valence-corrected chi connectivity index (χ3v) is 3.19. The third kappa shape index (κ3) is 5.67. The number of benzene rings is 1. The van der Waals surface area contributed by atoms with E-state index in [9.17, 15) is 13.2 Å². The molecule has 0 fully saturated rings. The second-order valence-corrected chi connectivity index (χ2v) is 6.02. The summed E-state index contributed by atoms with van der Waals surface area (Å²) in [6.45, 7) is 5.47. The Bertz CT molecular complexity index is 567. The second kappa shape index (κ2) is 6.49.